The van der Waals surface area contributed by atoms with Crippen LogP contribution >= 0.6 is 0 Å². The lowest BCUT2D eigenvalue weighted by Gasteiger charge is -2.12. The molecular weight excluding hydrogens is 158 g/mol. The van der Waals surface area contributed by atoms with Crippen molar-refractivity contribution in [2.24, 2.45) is 11.8 Å². The predicted molar refractivity (Wildman–Crippen MR) is 42.5 cm³/mol. The van der Waals surface area contributed by atoms with Crippen LogP contribution in [0.4, 0.5) is 0 Å². The van der Waals surface area contributed by atoms with Crippen LogP contribution < -0.4 is 5.32 Å². The van der Waals surface area contributed by atoms with Gasteiger partial charge in [-0.15, -0.1) is 0 Å². The molecule has 4 heteroatoms. The van der Waals surface area contributed by atoms with E-state index in [1.807, 2.05) is 6.92 Å². The Morgan fingerprint density at radius 1 is 1.67 bits per heavy atom. The van der Waals surface area contributed by atoms with Gasteiger partial charge in [0.05, 0.1) is 0 Å². The first-order valence-corrected chi connectivity index (χ1v) is 4.11. The van der Waals surface area contributed by atoms with E-state index >= 15 is 0 Å². The van der Waals surface area contributed by atoms with Crippen molar-refractivity contribution in [2.75, 3.05) is 0 Å². The third kappa shape index (κ3) is 1.29. The van der Waals surface area contributed by atoms with Gasteiger partial charge in [0.1, 0.15) is 6.04 Å². The van der Waals surface area contributed by atoms with Crippen LogP contribution in [0.15, 0.2) is 0 Å². The number of hydrogen-bond donors (Lipinski definition) is 2. The van der Waals surface area contributed by atoms with Gasteiger partial charge >= 0.3 is 5.97 Å². The lowest BCUT2D eigenvalue weighted by molar-refractivity contribution is -0.140. The van der Waals surface area contributed by atoms with Gasteiger partial charge < -0.3 is 10.4 Å². The van der Waals surface area contributed by atoms with Crippen LogP contribution in [-0.4, -0.2) is 23.0 Å². The fourth-order valence-electron chi connectivity index (χ4n) is 1.71. The van der Waals surface area contributed by atoms with Crippen molar-refractivity contribution >= 4 is 11.9 Å². The highest BCUT2D eigenvalue weighted by molar-refractivity contribution is 5.89. The summed E-state index contributed by atoms with van der Waals surface area (Å²) < 4.78 is 0. The first kappa shape index (κ1) is 9.03. The molecule has 1 heterocycles. The Labute approximate surface area is 71.0 Å². The summed E-state index contributed by atoms with van der Waals surface area (Å²) in [5, 5.41) is 11.2. The van der Waals surface area contributed by atoms with E-state index < -0.39 is 12.0 Å². The summed E-state index contributed by atoms with van der Waals surface area (Å²) in [7, 11) is 0. The molecule has 3 atom stereocenters. The first-order valence-electron chi connectivity index (χ1n) is 4.11. The van der Waals surface area contributed by atoms with Gasteiger partial charge in [-0.05, 0) is 12.3 Å². The summed E-state index contributed by atoms with van der Waals surface area (Å²) in [5.74, 6) is -1.30. The van der Waals surface area contributed by atoms with Gasteiger partial charge in [0, 0.05) is 5.92 Å². The van der Waals surface area contributed by atoms with E-state index in [9.17, 15) is 9.59 Å². The Bertz CT molecular complexity index is 214. The molecule has 0 aromatic carbocycles. The van der Waals surface area contributed by atoms with E-state index in [0.29, 0.717) is 6.42 Å². The van der Waals surface area contributed by atoms with E-state index in [0.717, 1.165) is 0 Å². The number of rotatable bonds is 2. The minimum absolute atomic E-state index is 0.0972. The van der Waals surface area contributed by atoms with Crippen molar-refractivity contribution in [1.29, 1.82) is 0 Å². The van der Waals surface area contributed by atoms with E-state index in [-0.39, 0.29) is 17.7 Å². The molecule has 1 fully saturated rings. The third-order valence-corrected chi connectivity index (χ3v) is 2.50. The molecule has 1 rings (SSSR count). The topological polar surface area (TPSA) is 66.4 Å². The summed E-state index contributed by atoms with van der Waals surface area (Å²) in [4.78, 5) is 21.8. The molecule has 0 radical (unpaired) electrons. The minimum Gasteiger partial charge on any atom is -0.480 e. The number of aliphatic carboxylic acids is 1. The fraction of sp³-hybridized carbons (Fsp3) is 0.750. The maximum absolute atomic E-state index is 11.2. The molecule has 4 nitrogen and oxygen atoms in total. The fourth-order valence-corrected chi connectivity index (χ4v) is 1.71. The lowest BCUT2D eigenvalue weighted by atomic mass is 9.90. The minimum atomic E-state index is -0.938. The monoisotopic (exact) mass is 171 g/mol. The molecule has 1 aliphatic heterocycles. The zero-order valence-electron chi connectivity index (χ0n) is 7.20. The van der Waals surface area contributed by atoms with Gasteiger partial charge in [-0.25, -0.2) is 4.79 Å². The molecule has 1 saturated heterocycles. The Morgan fingerprint density at radius 3 is 2.50 bits per heavy atom. The normalized spacial score (nSPS) is 34.8. The quantitative estimate of drug-likeness (QED) is 0.625. The Hall–Kier alpha value is -1.06. The average molecular weight is 171 g/mol. The summed E-state index contributed by atoms with van der Waals surface area (Å²) in [6.07, 6.45) is 0.705. The molecule has 3 unspecified atom stereocenters. The van der Waals surface area contributed by atoms with E-state index in [2.05, 4.69) is 5.32 Å². The van der Waals surface area contributed by atoms with Gasteiger partial charge in [0.2, 0.25) is 5.91 Å². The second-order valence-corrected chi connectivity index (χ2v) is 3.20. The summed E-state index contributed by atoms with van der Waals surface area (Å²) >= 11 is 0. The van der Waals surface area contributed by atoms with Crippen molar-refractivity contribution in [1.82, 2.24) is 5.32 Å². The van der Waals surface area contributed by atoms with Crippen molar-refractivity contribution < 1.29 is 14.7 Å². The molecule has 0 aromatic heterocycles. The molecular formula is C8H13NO3. The molecule has 0 spiro atoms. The number of carboxylic acid groups (broad SMARTS) is 1. The van der Waals surface area contributed by atoms with Crippen LogP contribution in [0.1, 0.15) is 20.3 Å². The van der Waals surface area contributed by atoms with E-state index in [1.54, 1.807) is 6.92 Å². The third-order valence-electron chi connectivity index (χ3n) is 2.50. The smallest absolute Gasteiger partial charge is 0.326 e. The number of nitrogens with one attached hydrogen (secondary N) is 1. The van der Waals surface area contributed by atoms with Crippen LogP contribution in [0, 0.1) is 11.8 Å². The molecule has 0 bridgehead atoms. The van der Waals surface area contributed by atoms with Crippen molar-refractivity contribution in [3.05, 3.63) is 0 Å². The average Bonchev–Trinajstić information content (AvgIpc) is 2.27. The van der Waals surface area contributed by atoms with Gasteiger partial charge in [-0.3, -0.25) is 4.79 Å². The highest BCUT2D eigenvalue weighted by Crippen LogP contribution is 2.25. The van der Waals surface area contributed by atoms with Crippen molar-refractivity contribution in [3.8, 4) is 0 Å². The molecule has 12 heavy (non-hydrogen) atoms. The molecule has 0 saturated carbocycles. The SMILES string of the molecule is CCC1C(=O)NC(C(=O)O)C1C. The van der Waals surface area contributed by atoms with E-state index in [1.165, 1.54) is 0 Å². The highest BCUT2D eigenvalue weighted by Gasteiger charge is 2.41. The van der Waals surface area contributed by atoms with Gasteiger partial charge in [0.15, 0.2) is 0 Å². The highest BCUT2D eigenvalue weighted by atomic mass is 16.4. The number of carbonyl (C=O) groups excluding carboxylic acids is 1. The van der Waals surface area contributed by atoms with Crippen LogP contribution in [0.2, 0.25) is 0 Å². The van der Waals surface area contributed by atoms with Crippen LogP contribution in [0.5, 0.6) is 0 Å². The first-order chi connectivity index (χ1) is 5.57. The summed E-state index contributed by atoms with van der Waals surface area (Å²) in [5.41, 5.74) is 0. The zero-order valence-corrected chi connectivity index (χ0v) is 7.20. The standard InChI is InChI=1S/C8H13NO3/c1-3-5-4(2)6(8(11)12)9-7(5)10/h4-6H,3H2,1-2H3,(H,9,10)(H,11,12). The predicted octanol–water partition coefficient (Wildman–Crippen LogP) is 0.232. The van der Waals surface area contributed by atoms with Gasteiger partial charge in [0.25, 0.3) is 0 Å². The van der Waals surface area contributed by atoms with Crippen LogP contribution in [0.25, 0.3) is 0 Å². The largest absolute Gasteiger partial charge is 0.480 e. The molecule has 68 valence electrons. The number of carbonyl (C=O) groups is 2. The van der Waals surface area contributed by atoms with Crippen LogP contribution in [-0.2, 0) is 9.59 Å². The molecule has 2 N–H and O–H groups in total. The molecule has 0 aliphatic carbocycles. The molecule has 1 amide bonds. The van der Waals surface area contributed by atoms with E-state index in [4.69, 9.17) is 5.11 Å². The Kier molecular flexibility index (Phi) is 2.35. The Balaban J connectivity index is 2.75. The molecule has 0 aromatic rings. The number of hydrogen-bond acceptors (Lipinski definition) is 2. The lowest BCUT2D eigenvalue weighted by Crippen LogP contribution is -2.35. The van der Waals surface area contributed by atoms with Gasteiger partial charge in [-0.2, -0.15) is 0 Å². The second kappa shape index (κ2) is 3.13. The second-order valence-electron chi connectivity index (χ2n) is 3.20. The number of amides is 1. The maximum Gasteiger partial charge on any atom is 0.326 e. The maximum atomic E-state index is 11.2. The Morgan fingerprint density at radius 2 is 2.25 bits per heavy atom. The zero-order chi connectivity index (χ0) is 9.30. The number of carboxylic acids is 1. The van der Waals surface area contributed by atoms with Crippen molar-refractivity contribution in [2.45, 2.75) is 26.3 Å². The summed E-state index contributed by atoms with van der Waals surface area (Å²) in [6, 6.07) is -0.692. The van der Waals surface area contributed by atoms with Crippen LogP contribution in [0.3, 0.4) is 0 Å². The molecule has 1 aliphatic rings. The summed E-state index contributed by atoms with van der Waals surface area (Å²) in [6.45, 7) is 3.69. The van der Waals surface area contributed by atoms with Crippen molar-refractivity contribution in [3.63, 3.8) is 0 Å². The van der Waals surface area contributed by atoms with Gasteiger partial charge in [-0.1, -0.05) is 13.8 Å².